The quantitative estimate of drug-likeness (QED) is 0.752. The van der Waals surface area contributed by atoms with E-state index in [0.717, 1.165) is 25.1 Å². The molecule has 0 bridgehead atoms. The van der Waals surface area contributed by atoms with Crippen LogP contribution in [0.1, 0.15) is 36.0 Å². The smallest absolute Gasteiger partial charge is 0.125 e. The third kappa shape index (κ3) is 4.38. The highest BCUT2D eigenvalue weighted by atomic mass is 16.5. The molecule has 0 amide bonds. The summed E-state index contributed by atoms with van der Waals surface area (Å²) in [5.74, 6) is 0.992. The second kappa shape index (κ2) is 7.73. The van der Waals surface area contributed by atoms with Crippen molar-refractivity contribution in [3.8, 4) is 11.8 Å². The molecular weight excluding hydrogens is 224 g/mol. The fraction of sp³-hybridized carbons (Fsp3) is 0.533. The molecule has 0 saturated carbocycles. The van der Waals surface area contributed by atoms with E-state index in [4.69, 9.17) is 10.00 Å². The molecule has 0 aromatic heterocycles. The van der Waals surface area contributed by atoms with E-state index in [1.807, 2.05) is 7.05 Å². The average Bonchev–Trinajstić information content (AvgIpc) is 2.32. The van der Waals surface area contributed by atoms with Crippen molar-refractivity contribution in [1.29, 1.82) is 5.26 Å². The first-order valence-electron chi connectivity index (χ1n) is 6.43. The number of rotatable bonds is 7. The minimum atomic E-state index is 0.614. The molecule has 0 aliphatic heterocycles. The molecule has 0 aliphatic rings. The Balaban J connectivity index is 2.58. The zero-order chi connectivity index (χ0) is 13.4. The lowest BCUT2D eigenvalue weighted by atomic mass is 10.1. The second-order valence-corrected chi connectivity index (χ2v) is 4.55. The minimum absolute atomic E-state index is 0.614. The van der Waals surface area contributed by atoms with Crippen LogP contribution in [0.25, 0.3) is 0 Å². The van der Waals surface area contributed by atoms with Crippen LogP contribution in [0.2, 0.25) is 0 Å². The number of unbranched alkanes of at least 4 members (excludes halogenated alkanes) is 2. The SMILES string of the molecule is CNCc1cc(C)c(OCCCCC#N)c(C)c1. The summed E-state index contributed by atoms with van der Waals surface area (Å²) in [7, 11) is 1.95. The van der Waals surface area contributed by atoms with Crippen molar-refractivity contribution in [1.82, 2.24) is 5.32 Å². The van der Waals surface area contributed by atoms with Crippen LogP contribution in [-0.2, 0) is 6.54 Å². The summed E-state index contributed by atoms with van der Waals surface area (Å²) in [6.45, 7) is 5.73. The molecule has 0 aliphatic carbocycles. The predicted octanol–water partition coefficient (Wildman–Crippen LogP) is 3.10. The minimum Gasteiger partial charge on any atom is -0.493 e. The third-order valence-electron chi connectivity index (χ3n) is 2.83. The lowest BCUT2D eigenvalue weighted by Crippen LogP contribution is -2.07. The standard InChI is InChI=1S/C15H22N2O/c1-12-9-14(11-17-3)10-13(2)15(12)18-8-6-4-5-7-16/h9-10,17H,4-6,8,11H2,1-3H3. The van der Waals surface area contributed by atoms with E-state index in [1.54, 1.807) is 0 Å². The molecule has 0 heterocycles. The highest BCUT2D eigenvalue weighted by molar-refractivity contribution is 5.43. The monoisotopic (exact) mass is 246 g/mol. The maximum Gasteiger partial charge on any atom is 0.125 e. The zero-order valence-corrected chi connectivity index (χ0v) is 11.5. The lowest BCUT2D eigenvalue weighted by molar-refractivity contribution is 0.303. The van der Waals surface area contributed by atoms with Gasteiger partial charge >= 0.3 is 0 Å². The summed E-state index contributed by atoms with van der Waals surface area (Å²) in [5.41, 5.74) is 3.64. The van der Waals surface area contributed by atoms with E-state index in [-0.39, 0.29) is 0 Å². The second-order valence-electron chi connectivity index (χ2n) is 4.55. The van der Waals surface area contributed by atoms with Gasteiger partial charge in [-0.2, -0.15) is 5.26 Å². The van der Waals surface area contributed by atoms with Crippen molar-refractivity contribution >= 4 is 0 Å². The van der Waals surface area contributed by atoms with Crippen molar-refractivity contribution in [3.05, 3.63) is 28.8 Å². The topological polar surface area (TPSA) is 45.0 Å². The molecule has 0 spiro atoms. The maximum absolute atomic E-state index is 8.46. The van der Waals surface area contributed by atoms with Crippen LogP contribution in [0.5, 0.6) is 5.75 Å². The van der Waals surface area contributed by atoms with Crippen molar-refractivity contribution < 1.29 is 4.74 Å². The van der Waals surface area contributed by atoms with Crippen molar-refractivity contribution in [2.45, 2.75) is 39.7 Å². The van der Waals surface area contributed by atoms with Crippen LogP contribution >= 0.6 is 0 Å². The Morgan fingerprint density at radius 1 is 1.22 bits per heavy atom. The number of nitriles is 1. The first kappa shape index (κ1) is 14.5. The number of hydrogen-bond donors (Lipinski definition) is 1. The molecule has 1 N–H and O–H groups in total. The van der Waals surface area contributed by atoms with E-state index < -0.39 is 0 Å². The molecule has 1 aromatic carbocycles. The molecule has 0 unspecified atom stereocenters. The van der Waals surface area contributed by atoms with Crippen molar-refractivity contribution in [2.75, 3.05) is 13.7 Å². The molecular formula is C15H22N2O. The first-order chi connectivity index (χ1) is 8.69. The Morgan fingerprint density at radius 2 is 1.89 bits per heavy atom. The summed E-state index contributed by atoms with van der Waals surface area (Å²) >= 11 is 0. The predicted molar refractivity (Wildman–Crippen MR) is 73.6 cm³/mol. The molecule has 1 aromatic rings. The lowest BCUT2D eigenvalue weighted by Gasteiger charge is -2.14. The Kier molecular flexibility index (Phi) is 6.24. The van der Waals surface area contributed by atoms with Gasteiger partial charge in [-0.05, 0) is 50.4 Å². The summed E-state index contributed by atoms with van der Waals surface area (Å²) < 4.78 is 5.82. The maximum atomic E-state index is 8.46. The molecule has 1 rings (SSSR count). The van der Waals surface area contributed by atoms with E-state index in [9.17, 15) is 0 Å². The fourth-order valence-corrected chi connectivity index (χ4v) is 2.05. The van der Waals surface area contributed by atoms with Gasteiger partial charge in [-0.1, -0.05) is 12.1 Å². The average molecular weight is 246 g/mol. The van der Waals surface area contributed by atoms with E-state index in [0.29, 0.717) is 13.0 Å². The van der Waals surface area contributed by atoms with Gasteiger partial charge in [-0.3, -0.25) is 0 Å². The summed E-state index contributed by atoms with van der Waals surface area (Å²) in [6.07, 6.45) is 2.46. The van der Waals surface area contributed by atoms with E-state index in [2.05, 4.69) is 37.4 Å². The van der Waals surface area contributed by atoms with Crippen LogP contribution in [-0.4, -0.2) is 13.7 Å². The third-order valence-corrected chi connectivity index (χ3v) is 2.83. The Morgan fingerprint density at radius 3 is 2.44 bits per heavy atom. The zero-order valence-electron chi connectivity index (χ0n) is 11.5. The largest absolute Gasteiger partial charge is 0.493 e. The van der Waals surface area contributed by atoms with Crippen LogP contribution in [0.15, 0.2) is 12.1 Å². The van der Waals surface area contributed by atoms with E-state index in [1.165, 1.54) is 16.7 Å². The molecule has 0 radical (unpaired) electrons. The number of aryl methyl sites for hydroxylation is 2. The van der Waals surface area contributed by atoms with Gasteiger partial charge in [-0.15, -0.1) is 0 Å². The normalized spacial score (nSPS) is 10.1. The van der Waals surface area contributed by atoms with Crippen LogP contribution < -0.4 is 10.1 Å². The van der Waals surface area contributed by atoms with Gasteiger partial charge in [0.15, 0.2) is 0 Å². The highest BCUT2D eigenvalue weighted by Gasteiger charge is 2.06. The van der Waals surface area contributed by atoms with Gasteiger partial charge in [0.05, 0.1) is 12.7 Å². The summed E-state index contributed by atoms with van der Waals surface area (Å²) in [5, 5.41) is 11.6. The highest BCUT2D eigenvalue weighted by Crippen LogP contribution is 2.25. The van der Waals surface area contributed by atoms with Gasteiger partial charge in [-0.25, -0.2) is 0 Å². The van der Waals surface area contributed by atoms with Crippen LogP contribution in [0.4, 0.5) is 0 Å². The molecule has 3 heteroatoms. The number of nitrogens with one attached hydrogen (secondary N) is 1. The number of benzene rings is 1. The molecule has 0 fully saturated rings. The van der Waals surface area contributed by atoms with Crippen LogP contribution in [0.3, 0.4) is 0 Å². The molecule has 18 heavy (non-hydrogen) atoms. The fourth-order valence-electron chi connectivity index (χ4n) is 2.05. The number of hydrogen-bond acceptors (Lipinski definition) is 3. The van der Waals surface area contributed by atoms with E-state index >= 15 is 0 Å². The Bertz CT molecular complexity index is 398. The van der Waals surface area contributed by atoms with Gasteiger partial charge in [0.25, 0.3) is 0 Å². The molecule has 0 atom stereocenters. The number of nitrogens with zero attached hydrogens (tertiary/aromatic N) is 1. The summed E-state index contributed by atoms with van der Waals surface area (Å²) in [4.78, 5) is 0. The number of ether oxygens (including phenoxy) is 1. The van der Waals surface area contributed by atoms with Crippen molar-refractivity contribution in [3.63, 3.8) is 0 Å². The Labute approximate surface area is 110 Å². The first-order valence-corrected chi connectivity index (χ1v) is 6.43. The van der Waals surface area contributed by atoms with Crippen LogP contribution in [0, 0.1) is 25.2 Å². The molecule has 3 nitrogen and oxygen atoms in total. The van der Waals surface area contributed by atoms with Gasteiger partial charge in [0.1, 0.15) is 5.75 Å². The van der Waals surface area contributed by atoms with Gasteiger partial charge < -0.3 is 10.1 Å². The molecule has 98 valence electrons. The van der Waals surface area contributed by atoms with Gasteiger partial charge in [0.2, 0.25) is 0 Å². The van der Waals surface area contributed by atoms with Crippen molar-refractivity contribution in [2.24, 2.45) is 0 Å². The Hall–Kier alpha value is -1.53. The summed E-state index contributed by atoms with van der Waals surface area (Å²) in [6, 6.07) is 6.47. The molecule has 0 saturated heterocycles. The van der Waals surface area contributed by atoms with Gasteiger partial charge in [0, 0.05) is 13.0 Å².